The van der Waals surface area contributed by atoms with Crippen LogP contribution >= 0.6 is 0 Å². The predicted octanol–water partition coefficient (Wildman–Crippen LogP) is 1.77. The Hall–Kier alpha value is -1.82. The van der Waals surface area contributed by atoms with Gasteiger partial charge in [-0.05, 0) is 30.9 Å². The first-order valence-corrected chi connectivity index (χ1v) is 7.34. The molecule has 1 saturated heterocycles. The maximum absolute atomic E-state index is 12.4. The minimum absolute atomic E-state index is 0.00635. The predicted molar refractivity (Wildman–Crippen MR) is 83.6 cm³/mol. The summed E-state index contributed by atoms with van der Waals surface area (Å²) in [4.78, 5) is 20.3. The molecule has 6 nitrogen and oxygen atoms in total. The second-order valence-electron chi connectivity index (χ2n) is 5.79. The second-order valence-corrected chi connectivity index (χ2v) is 5.79. The summed E-state index contributed by atoms with van der Waals surface area (Å²) in [5.74, 6) is 1.16. The van der Waals surface area contributed by atoms with E-state index < -0.39 is 0 Å². The fraction of sp³-hybridized carbons (Fsp3) is 0.600. The Bertz CT molecular complexity index is 475. The normalized spacial score (nSPS) is 22.0. The number of likely N-dealkylation sites (tertiary alicyclic amines) is 1. The van der Waals surface area contributed by atoms with E-state index in [2.05, 4.69) is 17.2 Å². The largest absolute Gasteiger partial charge is 0.394 e. The lowest BCUT2D eigenvalue weighted by Gasteiger charge is -2.38. The van der Waals surface area contributed by atoms with Gasteiger partial charge in [0.15, 0.2) is 0 Å². The standard InChI is InChI=1S/C15H24N4O2/c1-11-5-4-8-19(13(11)10-20)15(21)17-12-6-7-14(16-9-12)18(2)3/h6-7,9,11,13,20H,4-5,8,10H2,1-3H3,(H,17,21)/t11-,13-/m0/s1. The number of hydrogen-bond donors (Lipinski definition) is 2. The first-order chi connectivity index (χ1) is 10.0. The molecule has 0 spiro atoms. The van der Waals surface area contributed by atoms with Crippen LogP contribution in [0.2, 0.25) is 0 Å². The number of nitrogens with one attached hydrogen (secondary N) is 1. The van der Waals surface area contributed by atoms with Crippen LogP contribution in [0.25, 0.3) is 0 Å². The number of urea groups is 1. The van der Waals surface area contributed by atoms with Crippen LogP contribution in [-0.4, -0.2) is 54.3 Å². The quantitative estimate of drug-likeness (QED) is 0.891. The number of piperidine rings is 1. The number of anilines is 2. The van der Waals surface area contributed by atoms with Crippen molar-refractivity contribution >= 4 is 17.5 Å². The average Bonchev–Trinajstić information content (AvgIpc) is 2.47. The Morgan fingerprint density at radius 3 is 2.86 bits per heavy atom. The van der Waals surface area contributed by atoms with Gasteiger partial charge in [0.1, 0.15) is 5.82 Å². The van der Waals surface area contributed by atoms with Gasteiger partial charge in [0.25, 0.3) is 0 Å². The van der Waals surface area contributed by atoms with Crippen molar-refractivity contribution in [1.82, 2.24) is 9.88 Å². The van der Waals surface area contributed by atoms with Crippen molar-refractivity contribution in [3.63, 3.8) is 0 Å². The van der Waals surface area contributed by atoms with Crippen molar-refractivity contribution in [3.05, 3.63) is 18.3 Å². The molecule has 2 rings (SSSR count). The lowest BCUT2D eigenvalue weighted by molar-refractivity contribution is 0.0811. The van der Waals surface area contributed by atoms with Crippen molar-refractivity contribution in [2.45, 2.75) is 25.8 Å². The van der Waals surface area contributed by atoms with Gasteiger partial charge in [-0.15, -0.1) is 0 Å². The number of aliphatic hydroxyl groups excluding tert-OH is 1. The van der Waals surface area contributed by atoms with Gasteiger partial charge in [0.05, 0.1) is 24.5 Å². The van der Waals surface area contributed by atoms with Crippen LogP contribution in [0.5, 0.6) is 0 Å². The first-order valence-electron chi connectivity index (χ1n) is 7.34. The van der Waals surface area contributed by atoms with E-state index >= 15 is 0 Å². The minimum atomic E-state index is -0.167. The number of pyridine rings is 1. The Morgan fingerprint density at radius 1 is 1.52 bits per heavy atom. The molecule has 6 heteroatoms. The van der Waals surface area contributed by atoms with Crippen LogP contribution in [-0.2, 0) is 0 Å². The molecule has 0 unspecified atom stereocenters. The monoisotopic (exact) mass is 292 g/mol. The summed E-state index contributed by atoms with van der Waals surface area (Å²) in [6.07, 6.45) is 3.67. The molecule has 2 atom stereocenters. The summed E-state index contributed by atoms with van der Waals surface area (Å²) < 4.78 is 0. The summed E-state index contributed by atoms with van der Waals surface area (Å²) in [5.41, 5.74) is 0.667. The zero-order valence-corrected chi connectivity index (χ0v) is 12.9. The molecule has 1 aliphatic heterocycles. The van der Waals surface area contributed by atoms with E-state index in [9.17, 15) is 9.90 Å². The highest BCUT2D eigenvalue weighted by Gasteiger charge is 2.31. The van der Waals surface area contributed by atoms with E-state index in [0.29, 0.717) is 18.2 Å². The highest BCUT2D eigenvalue weighted by molar-refractivity contribution is 5.89. The second kappa shape index (κ2) is 6.76. The molecule has 21 heavy (non-hydrogen) atoms. The van der Waals surface area contributed by atoms with Gasteiger partial charge < -0.3 is 20.2 Å². The minimum Gasteiger partial charge on any atom is -0.394 e. The molecule has 1 aromatic rings. The zero-order chi connectivity index (χ0) is 15.4. The maximum Gasteiger partial charge on any atom is 0.322 e. The van der Waals surface area contributed by atoms with E-state index in [1.165, 1.54) is 0 Å². The molecule has 0 aliphatic carbocycles. The Balaban J connectivity index is 2.03. The fourth-order valence-electron chi connectivity index (χ4n) is 2.70. The van der Waals surface area contributed by atoms with Crippen molar-refractivity contribution in [3.8, 4) is 0 Å². The van der Waals surface area contributed by atoms with E-state index in [1.54, 1.807) is 11.1 Å². The van der Waals surface area contributed by atoms with E-state index in [1.807, 2.05) is 31.1 Å². The van der Waals surface area contributed by atoms with Crippen LogP contribution in [0, 0.1) is 5.92 Å². The van der Waals surface area contributed by atoms with Gasteiger partial charge in [-0.25, -0.2) is 9.78 Å². The summed E-state index contributed by atoms with van der Waals surface area (Å²) in [7, 11) is 3.84. The van der Waals surface area contributed by atoms with Crippen LogP contribution in [0.15, 0.2) is 18.3 Å². The number of rotatable bonds is 3. The van der Waals surface area contributed by atoms with Gasteiger partial charge in [-0.2, -0.15) is 0 Å². The van der Waals surface area contributed by atoms with Gasteiger partial charge in [0, 0.05) is 20.6 Å². The molecule has 0 saturated carbocycles. The van der Waals surface area contributed by atoms with Crippen LogP contribution in [0.1, 0.15) is 19.8 Å². The molecule has 1 aliphatic rings. The lowest BCUT2D eigenvalue weighted by Crippen LogP contribution is -2.51. The maximum atomic E-state index is 12.4. The molecule has 0 radical (unpaired) electrons. The molecule has 1 fully saturated rings. The van der Waals surface area contributed by atoms with Gasteiger partial charge >= 0.3 is 6.03 Å². The van der Waals surface area contributed by atoms with E-state index in [-0.39, 0.29) is 18.7 Å². The van der Waals surface area contributed by atoms with Crippen molar-refractivity contribution in [1.29, 1.82) is 0 Å². The molecule has 0 bridgehead atoms. The lowest BCUT2D eigenvalue weighted by atomic mass is 9.91. The molecule has 2 N–H and O–H groups in total. The molecule has 116 valence electrons. The molecular weight excluding hydrogens is 268 g/mol. The first kappa shape index (κ1) is 15.6. The SMILES string of the molecule is C[C@H]1CCCN(C(=O)Nc2ccc(N(C)C)nc2)[C@H]1CO. The Morgan fingerprint density at radius 2 is 2.29 bits per heavy atom. The number of aliphatic hydroxyl groups is 1. The number of carbonyl (C=O) groups is 1. The fourth-order valence-corrected chi connectivity index (χ4v) is 2.70. The summed E-state index contributed by atoms with van der Waals surface area (Å²) in [6.45, 7) is 2.77. The topological polar surface area (TPSA) is 68.7 Å². The molecule has 0 aromatic carbocycles. The summed E-state index contributed by atoms with van der Waals surface area (Å²) in [6, 6.07) is 3.42. The van der Waals surface area contributed by atoms with E-state index in [4.69, 9.17) is 0 Å². The molecule has 1 aromatic heterocycles. The summed E-state index contributed by atoms with van der Waals surface area (Å²) >= 11 is 0. The Kier molecular flexibility index (Phi) is 5.01. The molecule has 2 amide bonds. The van der Waals surface area contributed by atoms with Crippen molar-refractivity contribution in [2.24, 2.45) is 5.92 Å². The summed E-state index contributed by atoms with van der Waals surface area (Å²) in [5, 5.41) is 12.4. The Labute approximate surface area is 125 Å². The van der Waals surface area contributed by atoms with Gasteiger partial charge in [0.2, 0.25) is 0 Å². The van der Waals surface area contributed by atoms with Gasteiger partial charge in [-0.3, -0.25) is 0 Å². The van der Waals surface area contributed by atoms with Crippen molar-refractivity contribution < 1.29 is 9.90 Å². The molecule has 2 heterocycles. The van der Waals surface area contributed by atoms with Crippen LogP contribution in [0.4, 0.5) is 16.3 Å². The number of amides is 2. The number of nitrogens with zero attached hydrogens (tertiary/aromatic N) is 3. The highest BCUT2D eigenvalue weighted by Crippen LogP contribution is 2.24. The number of hydrogen-bond acceptors (Lipinski definition) is 4. The number of carbonyl (C=O) groups excluding carboxylic acids is 1. The smallest absolute Gasteiger partial charge is 0.322 e. The third-order valence-electron chi connectivity index (χ3n) is 4.02. The van der Waals surface area contributed by atoms with Gasteiger partial charge in [-0.1, -0.05) is 6.92 Å². The number of aromatic nitrogens is 1. The van der Waals surface area contributed by atoms with Crippen LogP contribution < -0.4 is 10.2 Å². The average molecular weight is 292 g/mol. The van der Waals surface area contributed by atoms with Crippen LogP contribution in [0.3, 0.4) is 0 Å². The van der Waals surface area contributed by atoms with E-state index in [0.717, 1.165) is 18.7 Å². The third kappa shape index (κ3) is 3.64. The van der Waals surface area contributed by atoms with Crippen molar-refractivity contribution in [2.75, 3.05) is 37.5 Å². The molecular formula is C15H24N4O2. The zero-order valence-electron chi connectivity index (χ0n) is 12.9. The third-order valence-corrected chi connectivity index (χ3v) is 4.02. The highest BCUT2D eigenvalue weighted by atomic mass is 16.3.